The standard InChI is InChI=1S/C7H9BrF4O3/c1-14-5(13)4(8)2-15-3-7(11,12)6(9)10/h4,6H,2-3H2,1H3. The average Bonchev–Trinajstić information content (AvgIpc) is 2.15. The quantitative estimate of drug-likeness (QED) is 0.426. The summed E-state index contributed by atoms with van der Waals surface area (Å²) < 4.78 is 56.3. The maximum absolute atomic E-state index is 12.3. The molecule has 0 rings (SSSR count). The maximum atomic E-state index is 12.3. The molecule has 15 heavy (non-hydrogen) atoms. The van der Waals surface area contributed by atoms with E-state index in [9.17, 15) is 22.4 Å². The third-order valence-electron chi connectivity index (χ3n) is 1.33. The van der Waals surface area contributed by atoms with Gasteiger partial charge in [-0.3, -0.25) is 4.79 Å². The number of ether oxygens (including phenoxy) is 2. The van der Waals surface area contributed by atoms with Crippen LogP contribution in [-0.2, 0) is 14.3 Å². The Balaban J connectivity index is 3.84. The molecule has 0 radical (unpaired) electrons. The Morgan fingerprint density at radius 2 is 2.00 bits per heavy atom. The summed E-state index contributed by atoms with van der Waals surface area (Å²) in [7, 11) is 1.10. The minimum Gasteiger partial charge on any atom is -0.468 e. The molecule has 8 heteroatoms. The number of hydrogen-bond donors (Lipinski definition) is 0. The van der Waals surface area contributed by atoms with E-state index in [4.69, 9.17) is 0 Å². The number of halogens is 5. The highest BCUT2D eigenvalue weighted by molar-refractivity contribution is 9.10. The van der Waals surface area contributed by atoms with Crippen LogP contribution in [0.5, 0.6) is 0 Å². The van der Waals surface area contributed by atoms with Crippen molar-refractivity contribution in [3.63, 3.8) is 0 Å². The molecule has 1 atom stereocenters. The lowest BCUT2D eigenvalue weighted by atomic mass is 10.4. The predicted octanol–water partition coefficient (Wildman–Crippen LogP) is 1.84. The molecule has 1 unspecified atom stereocenters. The molecule has 90 valence electrons. The minimum absolute atomic E-state index is 0.463. The Labute approximate surface area is 91.8 Å². The molecule has 0 saturated heterocycles. The summed E-state index contributed by atoms with van der Waals surface area (Å²) >= 11 is 2.78. The van der Waals surface area contributed by atoms with Crippen LogP contribution >= 0.6 is 15.9 Å². The first-order valence-corrected chi connectivity index (χ1v) is 4.68. The first-order chi connectivity index (χ1) is 6.81. The fraction of sp³-hybridized carbons (Fsp3) is 0.857. The van der Waals surface area contributed by atoms with Gasteiger partial charge in [-0.05, 0) is 0 Å². The van der Waals surface area contributed by atoms with Crippen molar-refractivity contribution in [3.05, 3.63) is 0 Å². The normalized spacial score (nSPS) is 14.1. The highest BCUT2D eigenvalue weighted by Gasteiger charge is 2.41. The second kappa shape index (κ2) is 6.26. The van der Waals surface area contributed by atoms with Gasteiger partial charge in [0.15, 0.2) is 0 Å². The monoisotopic (exact) mass is 296 g/mol. The molecule has 0 fully saturated rings. The Kier molecular flexibility index (Phi) is 6.11. The third-order valence-corrected chi connectivity index (χ3v) is 1.97. The van der Waals surface area contributed by atoms with Crippen molar-refractivity contribution >= 4 is 21.9 Å². The van der Waals surface area contributed by atoms with E-state index >= 15 is 0 Å². The van der Waals surface area contributed by atoms with Crippen LogP contribution < -0.4 is 0 Å². The summed E-state index contributed by atoms with van der Waals surface area (Å²) in [5.41, 5.74) is 0. The number of alkyl halides is 5. The highest BCUT2D eigenvalue weighted by Crippen LogP contribution is 2.23. The van der Waals surface area contributed by atoms with E-state index in [1.54, 1.807) is 0 Å². The van der Waals surface area contributed by atoms with Crippen molar-refractivity contribution in [2.24, 2.45) is 0 Å². The van der Waals surface area contributed by atoms with Crippen LogP contribution in [0.2, 0.25) is 0 Å². The molecule has 3 nitrogen and oxygen atoms in total. The van der Waals surface area contributed by atoms with Crippen LogP contribution in [-0.4, -0.2) is 43.5 Å². The van der Waals surface area contributed by atoms with Gasteiger partial charge in [-0.2, -0.15) is 8.78 Å². The van der Waals surface area contributed by atoms with Gasteiger partial charge >= 0.3 is 18.3 Å². The molecule has 0 saturated carbocycles. The number of carbonyl (C=O) groups is 1. The van der Waals surface area contributed by atoms with Crippen LogP contribution in [0, 0.1) is 0 Å². The van der Waals surface area contributed by atoms with E-state index in [1.807, 2.05) is 0 Å². The summed E-state index contributed by atoms with van der Waals surface area (Å²) in [5.74, 6) is -4.93. The summed E-state index contributed by atoms with van der Waals surface area (Å²) in [6, 6.07) is 0. The number of esters is 1. The smallest absolute Gasteiger partial charge is 0.330 e. The molecular formula is C7H9BrF4O3. The van der Waals surface area contributed by atoms with E-state index in [0.717, 1.165) is 7.11 Å². The lowest BCUT2D eigenvalue weighted by molar-refractivity contribution is -0.167. The van der Waals surface area contributed by atoms with Crippen molar-refractivity contribution in [2.45, 2.75) is 17.2 Å². The average molecular weight is 297 g/mol. The van der Waals surface area contributed by atoms with E-state index in [2.05, 4.69) is 25.4 Å². The first-order valence-electron chi connectivity index (χ1n) is 3.77. The molecule has 0 heterocycles. The molecule has 0 aliphatic rings. The van der Waals surface area contributed by atoms with Crippen molar-refractivity contribution < 1.29 is 31.8 Å². The van der Waals surface area contributed by atoms with E-state index in [1.165, 1.54) is 0 Å². The van der Waals surface area contributed by atoms with Gasteiger partial charge in [0.2, 0.25) is 0 Å². The van der Waals surface area contributed by atoms with Crippen molar-refractivity contribution in [1.29, 1.82) is 0 Å². The zero-order chi connectivity index (χ0) is 12.1. The minimum atomic E-state index is -4.21. The number of carbonyl (C=O) groups excluding carboxylic acids is 1. The second-order valence-electron chi connectivity index (χ2n) is 2.57. The lowest BCUT2D eigenvalue weighted by Crippen LogP contribution is -2.34. The summed E-state index contributed by atoms with van der Waals surface area (Å²) in [4.78, 5) is 9.77. The van der Waals surface area contributed by atoms with Crippen LogP contribution in [0.3, 0.4) is 0 Å². The molecule has 0 aromatic carbocycles. The molecule has 0 bridgehead atoms. The fourth-order valence-electron chi connectivity index (χ4n) is 0.557. The van der Waals surface area contributed by atoms with E-state index in [0.29, 0.717) is 0 Å². The van der Waals surface area contributed by atoms with Gasteiger partial charge in [-0.15, -0.1) is 0 Å². The van der Waals surface area contributed by atoms with Gasteiger partial charge in [0.1, 0.15) is 11.4 Å². The second-order valence-corrected chi connectivity index (χ2v) is 3.67. The fourth-order valence-corrected chi connectivity index (χ4v) is 0.931. The Hall–Kier alpha value is -0.370. The van der Waals surface area contributed by atoms with Crippen molar-refractivity contribution in [1.82, 2.24) is 0 Å². The van der Waals surface area contributed by atoms with Crippen LogP contribution in [0.4, 0.5) is 17.6 Å². The topological polar surface area (TPSA) is 35.5 Å². The Bertz CT molecular complexity index is 212. The molecule has 0 aliphatic carbocycles. The summed E-state index contributed by atoms with van der Waals surface area (Å²) in [6.07, 6.45) is -3.79. The number of hydrogen-bond acceptors (Lipinski definition) is 3. The molecule has 0 spiro atoms. The molecule has 0 N–H and O–H groups in total. The lowest BCUT2D eigenvalue weighted by Gasteiger charge is -2.16. The zero-order valence-electron chi connectivity index (χ0n) is 7.68. The van der Waals surface area contributed by atoms with Gasteiger partial charge in [-0.1, -0.05) is 15.9 Å². The number of methoxy groups -OCH3 is 1. The number of rotatable bonds is 6. The molecule has 0 amide bonds. The maximum Gasteiger partial charge on any atom is 0.330 e. The molecule has 0 aromatic rings. The predicted molar refractivity (Wildman–Crippen MR) is 46.5 cm³/mol. The zero-order valence-corrected chi connectivity index (χ0v) is 9.27. The van der Waals surface area contributed by atoms with Gasteiger partial charge in [0.05, 0.1) is 13.7 Å². The van der Waals surface area contributed by atoms with E-state index in [-0.39, 0.29) is 0 Å². The first kappa shape index (κ1) is 14.6. The Morgan fingerprint density at radius 3 is 2.40 bits per heavy atom. The largest absolute Gasteiger partial charge is 0.468 e. The van der Waals surface area contributed by atoms with Crippen LogP contribution in [0.1, 0.15) is 0 Å². The SMILES string of the molecule is COC(=O)C(Br)COCC(F)(F)C(F)F. The van der Waals surface area contributed by atoms with Gasteiger partial charge < -0.3 is 9.47 Å². The van der Waals surface area contributed by atoms with Gasteiger partial charge in [0.25, 0.3) is 0 Å². The van der Waals surface area contributed by atoms with Crippen molar-refractivity contribution in [3.8, 4) is 0 Å². The van der Waals surface area contributed by atoms with Crippen LogP contribution in [0.15, 0.2) is 0 Å². The molecule has 0 aromatic heterocycles. The van der Waals surface area contributed by atoms with Gasteiger partial charge in [0, 0.05) is 0 Å². The summed E-state index contributed by atoms with van der Waals surface area (Å²) in [6.45, 7) is -1.90. The van der Waals surface area contributed by atoms with Gasteiger partial charge in [-0.25, -0.2) is 8.78 Å². The molecule has 0 aliphatic heterocycles. The van der Waals surface area contributed by atoms with Crippen molar-refractivity contribution in [2.75, 3.05) is 20.3 Å². The van der Waals surface area contributed by atoms with Crippen LogP contribution in [0.25, 0.3) is 0 Å². The molecular weight excluding hydrogens is 288 g/mol. The summed E-state index contributed by atoms with van der Waals surface area (Å²) in [5, 5.41) is 0. The van der Waals surface area contributed by atoms with E-state index < -0.39 is 36.4 Å². The Morgan fingerprint density at radius 1 is 1.47 bits per heavy atom. The third kappa shape index (κ3) is 5.31. The highest BCUT2D eigenvalue weighted by atomic mass is 79.9.